The van der Waals surface area contributed by atoms with Crippen LogP contribution in [0.3, 0.4) is 0 Å². The maximum Gasteiger partial charge on any atom is 0.319 e. The molecule has 1 atom stereocenters. The normalized spacial score (nSPS) is 12.8. The Morgan fingerprint density at radius 3 is 2.38 bits per heavy atom. The van der Waals surface area contributed by atoms with Gasteiger partial charge in [0.2, 0.25) is 0 Å². The van der Waals surface area contributed by atoms with E-state index in [-0.39, 0.29) is 11.8 Å². The minimum Gasteiger partial charge on any atom is -0.481 e. The molecule has 0 aliphatic rings. The van der Waals surface area contributed by atoms with E-state index in [0.29, 0.717) is 17.8 Å². The van der Waals surface area contributed by atoms with Gasteiger partial charge in [0.05, 0.1) is 23.5 Å². The number of aryl methyl sites for hydroxylation is 2. The minimum atomic E-state index is -0.930. The summed E-state index contributed by atoms with van der Waals surface area (Å²) in [5, 5.41) is 21.2. The second-order valence-electron chi connectivity index (χ2n) is 6.47. The van der Waals surface area contributed by atoms with Gasteiger partial charge >= 0.3 is 12.0 Å². The number of amides is 2. The molecular formula is C14H24N4O3. The number of carboxylic acids is 1. The molecule has 7 nitrogen and oxygen atoms in total. The fourth-order valence-electron chi connectivity index (χ4n) is 2.19. The number of hydrogen-bond donors (Lipinski definition) is 4. The van der Waals surface area contributed by atoms with Crippen molar-refractivity contribution in [3.63, 3.8) is 0 Å². The number of aromatic nitrogens is 2. The van der Waals surface area contributed by atoms with E-state index in [4.69, 9.17) is 5.11 Å². The van der Waals surface area contributed by atoms with Gasteiger partial charge in [0.15, 0.2) is 0 Å². The second-order valence-corrected chi connectivity index (χ2v) is 6.47. The molecule has 0 aliphatic carbocycles. The number of carboxylic acid groups (broad SMARTS) is 1. The van der Waals surface area contributed by atoms with Crippen LogP contribution in [0.15, 0.2) is 0 Å². The third-order valence-corrected chi connectivity index (χ3v) is 2.98. The van der Waals surface area contributed by atoms with E-state index in [0.717, 1.165) is 5.69 Å². The summed E-state index contributed by atoms with van der Waals surface area (Å²) < 4.78 is 0. The summed E-state index contributed by atoms with van der Waals surface area (Å²) in [4.78, 5) is 23.0. The summed E-state index contributed by atoms with van der Waals surface area (Å²) >= 11 is 0. The van der Waals surface area contributed by atoms with Gasteiger partial charge in [-0.25, -0.2) is 4.79 Å². The van der Waals surface area contributed by atoms with Crippen molar-refractivity contribution in [1.29, 1.82) is 0 Å². The Balaban J connectivity index is 2.69. The number of H-pyrrole nitrogens is 1. The minimum absolute atomic E-state index is 0.0745. The van der Waals surface area contributed by atoms with Crippen LogP contribution < -0.4 is 10.6 Å². The van der Waals surface area contributed by atoms with Crippen molar-refractivity contribution in [2.24, 2.45) is 5.41 Å². The maximum absolute atomic E-state index is 12.0. The molecule has 0 radical (unpaired) electrons. The number of nitrogens with zero attached hydrogens (tertiary/aromatic N) is 1. The molecule has 1 rings (SSSR count). The molecule has 0 aromatic carbocycles. The molecule has 0 fully saturated rings. The molecule has 0 saturated carbocycles. The Morgan fingerprint density at radius 1 is 1.33 bits per heavy atom. The number of aromatic amines is 1. The number of carbonyl (C=O) groups excluding carboxylic acids is 1. The fourth-order valence-corrected chi connectivity index (χ4v) is 2.19. The fraction of sp³-hybridized carbons (Fsp3) is 0.643. The molecule has 1 aromatic heterocycles. The van der Waals surface area contributed by atoms with Crippen LogP contribution in [-0.4, -0.2) is 33.3 Å². The topological polar surface area (TPSA) is 107 Å². The van der Waals surface area contributed by atoms with Crippen molar-refractivity contribution >= 4 is 17.7 Å². The predicted octanol–water partition coefficient (Wildman–Crippen LogP) is 2.43. The third kappa shape index (κ3) is 5.85. The number of aliphatic carboxylic acids is 1. The van der Waals surface area contributed by atoms with Gasteiger partial charge in [0.1, 0.15) is 0 Å². The summed E-state index contributed by atoms with van der Waals surface area (Å²) in [6.07, 6.45) is 0.476. The zero-order valence-corrected chi connectivity index (χ0v) is 13.2. The number of anilines is 1. The summed E-state index contributed by atoms with van der Waals surface area (Å²) in [7, 11) is 0. The molecule has 21 heavy (non-hydrogen) atoms. The van der Waals surface area contributed by atoms with Gasteiger partial charge in [-0.2, -0.15) is 5.10 Å². The number of rotatable bonds is 5. The van der Waals surface area contributed by atoms with Gasteiger partial charge in [-0.3, -0.25) is 9.89 Å². The van der Waals surface area contributed by atoms with Crippen molar-refractivity contribution in [2.45, 2.75) is 53.5 Å². The first-order valence-electron chi connectivity index (χ1n) is 6.89. The van der Waals surface area contributed by atoms with E-state index in [9.17, 15) is 9.59 Å². The maximum atomic E-state index is 12.0. The molecule has 2 amide bonds. The smallest absolute Gasteiger partial charge is 0.319 e. The van der Waals surface area contributed by atoms with Gasteiger partial charge in [0.25, 0.3) is 0 Å². The monoisotopic (exact) mass is 296 g/mol. The standard InChI is InChI=1S/C14H24N4O3/c1-8-12(9(2)18-17-8)16-13(21)15-10(6-11(19)20)7-14(3,4)5/h10H,6-7H2,1-5H3,(H,17,18)(H,19,20)(H2,15,16,21). The van der Waals surface area contributed by atoms with Crippen LogP contribution in [0.25, 0.3) is 0 Å². The van der Waals surface area contributed by atoms with Gasteiger partial charge in [0, 0.05) is 6.04 Å². The van der Waals surface area contributed by atoms with Gasteiger partial charge < -0.3 is 15.7 Å². The molecule has 0 saturated heterocycles. The molecule has 118 valence electrons. The Labute approximate surface area is 124 Å². The van der Waals surface area contributed by atoms with E-state index >= 15 is 0 Å². The average molecular weight is 296 g/mol. The Bertz CT molecular complexity index is 497. The largest absolute Gasteiger partial charge is 0.481 e. The van der Waals surface area contributed by atoms with Crippen molar-refractivity contribution < 1.29 is 14.7 Å². The molecule has 1 heterocycles. The molecule has 0 bridgehead atoms. The summed E-state index contributed by atoms with van der Waals surface area (Å²) in [6, 6.07) is -0.840. The van der Waals surface area contributed by atoms with Crippen LogP contribution in [0.1, 0.15) is 45.0 Å². The summed E-state index contributed by atoms with van der Waals surface area (Å²) in [5.41, 5.74) is 1.99. The van der Waals surface area contributed by atoms with Crippen LogP contribution in [0.4, 0.5) is 10.5 Å². The molecule has 7 heteroatoms. The lowest BCUT2D eigenvalue weighted by Gasteiger charge is -2.25. The number of hydrogen-bond acceptors (Lipinski definition) is 3. The highest BCUT2D eigenvalue weighted by Gasteiger charge is 2.23. The third-order valence-electron chi connectivity index (χ3n) is 2.98. The van der Waals surface area contributed by atoms with Crippen LogP contribution in [0.5, 0.6) is 0 Å². The van der Waals surface area contributed by atoms with Crippen molar-refractivity contribution in [3.05, 3.63) is 11.4 Å². The quantitative estimate of drug-likeness (QED) is 0.669. The Morgan fingerprint density at radius 2 is 1.95 bits per heavy atom. The molecule has 1 unspecified atom stereocenters. The number of nitrogens with one attached hydrogen (secondary N) is 3. The lowest BCUT2D eigenvalue weighted by Crippen LogP contribution is -2.41. The van der Waals surface area contributed by atoms with Crippen molar-refractivity contribution in [2.75, 3.05) is 5.32 Å². The first kappa shape index (κ1) is 17.0. The highest BCUT2D eigenvalue weighted by atomic mass is 16.4. The van der Waals surface area contributed by atoms with Crippen LogP contribution in [0.2, 0.25) is 0 Å². The lowest BCUT2D eigenvalue weighted by atomic mass is 9.87. The lowest BCUT2D eigenvalue weighted by molar-refractivity contribution is -0.137. The van der Waals surface area contributed by atoms with Crippen molar-refractivity contribution in [1.82, 2.24) is 15.5 Å². The van der Waals surface area contributed by atoms with Crippen molar-refractivity contribution in [3.8, 4) is 0 Å². The molecule has 1 aromatic rings. The highest BCUT2D eigenvalue weighted by Crippen LogP contribution is 2.22. The molecule has 0 spiro atoms. The molecular weight excluding hydrogens is 272 g/mol. The van der Waals surface area contributed by atoms with Crippen LogP contribution >= 0.6 is 0 Å². The zero-order chi connectivity index (χ0) is 16.2. The van der Waals surface area contributed by atoms with E-state index in [2.05, 4.69) is 20.8 Å². The Hall–Kier alpha value is -2.05. The van der Waals surface area contributed by atoms with Crippen LogP contribution in [-0.2, 0) is 4.79 Å². The average Bonchev–Trinajstić information content (AvgIpc) is 2.57. The number of urea groups is 1. The summed E-state index contributed by atoms with van der Waals surface area (Å²) in [5.74, 6) is -0.930. The molecule has 0 aliphatic heterocycles. The number of carbonyl (C=O) groups is 2. The predicted molar refractivity (Wildman–Crippen MR) is 80.3 cm³/mol. The first-order chi connectivity index (χ1) is 9.58. The van der Waals surface area contributed by atoms with Crippen LogP contribution in [0, 0.1) is 19.3 Å². The van der Waals surface area contributed by atoms with Gasteiger partial charge in [-0.15, -0.1) is 0 Å². The Kier molecular flexibility index (Phi) is 5.34. The molecule has 4 N–H and O–H groups in total. The van der Waals surface area contributed by atoms with E-state index in [1.807, 2.05) is 20.8 Å². The van der Waals surface area contributed by atoms with Gasteiger partial charge in [-0.05, 0) is 25.7 Å². The zero-order valence-electron chi connectivity index (χ0n) is 13.2. The van der Waals surface area contributed by atoms with E-state index in [1.165, 1.54) is 0 Å². The summed E-state index contributed by atoms with van der Waals surface area (Å²) in [6.45, 7) is 9.60. The van der Waals surface area contributed by atoms with Gasteiger partial charge in [-0.1, -0.05) is 20.8 Å². The van der Waals surface area contributed by atoms with E-state index in [1.54, 1.807) is 13.8 Å². The van der Waals surface area contributed by atoms with E-state index < -0.39 is 18.0 Å². The first-order valence-corrected chi connectivity index (χ1v) is 6.89. The highest BCUT2D eigenvalue weighted by molar-refractivity contribution is 5.90. The SMILES string of the molecule is Cc1n[nH]c(C)c1NC(=O)NC(CC(=O)O)CC(C)(C)C. The second kappa shape index (κ2) is 6.60.